The van der Waals surface area contributed by atoms with Crippen LogP contribution in [-0.4, -0.2) is 0 Å². The van der Waals surface area contributed by atoms with Crippen molar-refractivity contribution < 1.29 is 0 Å². The van der Waals surface area contributed by atoms with E-state index in [1.54, 1.807) is 0 Å². The van der Waals surface area contributed by atoms with Crippen LogP contribution in [0.25, 0.3) is 0 Å². The molecule has 0 aromatic heterocycles. The third-order valence-electron chi connectivity index (χ3n) is 2.31. The van der Waals surface area contributed by atoms with Crippen molar-refractivity contribution in [3.05, 3.63) is 23.8 Å². The first-order valence-electron chi connectivity index (χ1n) is 3.90. The van der Waals surface area contributed by atoms with Gasteiger partial charge < -0.3 is 0 Å². The highest BCUT2D eigenvalue weighted by Gasteiger charge is 2.26. The Morgan fingerprint density at radius 2 is 2.20 bits per heavy atom. The molecular formula is C10H16. The van der Waals surface area contributed by atoms with Crippen LogP contribution in [0.5, 0.6) is 0 Å². The van der Waals surface area contributed by atoms with Crippen LogP contribution in [0.3, 0.4) is 0 Å². The van der Waals surface area contributed by atoms with Crippen LogP contribution in [-0.2, 0) is 0 Å². The maximum absolute atomic E-state index is 3.96. The molecule has 0 aromatic carbocycles. The molecule has 0 heteroatoms. The van der Waals surface area contributed by atoms with Gasteiger partial charge in [-0.15, -0.1) is 0 Å². The maximum Gasteiger partial charge on any atom is -0.0101 e. The Kier molecular flexibility index (Phi) is 1.72. The van der Waals surface area contributed by atoms with E-state index in [0.29, 0.717) is 5.41 Å². The summed E-state index contributed by atoms with van der Waals surface area (Å²) in [6.07, 6.45) is 4.84. The molecule has 0 spiro atoms. The van der Waals surface area contributed by atoms with Gasteiger partial charge in [0.15, 0.2) is 0 Å². The summed E-state index contributed by atoms with van der Waals surface area (Å²) in [6.45, 7) is 10.6. The molecule has 0 fully saturated rings. The van der Waals surface area contributed by atoms with Gasteiger partial charge >= 0.3 is 0 Å². The number of rotatable bonds is 1. The van der Waals surface area contributed by atoms with E-state index < -0.39 is 0 Å². The lowest BCUT2D eigenvalue weighted by molar-refractivity contribution is 0.447. The van der Waals surface area contributed by atoms with Gasteiger partial charge in [-0.05, 0) is 30.8 Å². The molecule has 0 aliphatic heterocycles. The molecular weight excluding hydrogens is 120 g/mol. The Balaban J connectivity index is 2.85. The van der Waals surface area contributed by atoms with E-state index >= 15 is 0 Å². The molecule has 56 valence electrons. The molecule has 0 radical (unpaired) electrons. The topological polar surface area (TPSA) is 0 Å². The van der Waals surface area contributed by atoms with E-state index in [1.165, 1.54) is 24.0 Å². The number of allylic oxidation sites excluding steroid dienone is 3. The van der Waals surface area contributed by atoms with Crippen molar-refractivity contribution in [1.29, 1.82) is 0 Å². The summed E-state index contributed by atoms with van der Waals surface area (Å²) in [6, 6.07) is 0. The molecule has 10 heavy (non-hydrogen) atoms. The minimum atomic E-state index is 0.395. The van der Waals surface area contributed by atoms with Crippen molar-refractivity contribution in [2.45, 2.75) is 33.6 Å². The minimum Gasteiger partial charge on any atom is -0.0958 e. The maximum atomic E-state index is 3.96. The van der Waals surface area contributed by atoms with Gasteiger partial charge in [0.2, 0.25) is 0 Å². The normalized spacial score (nSPS) is 22.5. The standard InChI is InChI=1S/C10H16/c1-8(2)9-6-5-7-10(9,3)4/h6H,1,5,7H2,2-4H3. The Hall–Kier alpha value is -0.520. The van der Waals surface area contributed by atoms with Crippen LogP contribution >= 0.6 is 0 Å². The minimum absolute atomic E-state index is 0.395. The van der Waals surface area contributed by atoms with Gasteiger partial charge in [-0.1, -0.05) is 32.1 Å². The molecule has 0 aromatic rings. The zero-order valence-electron chi connectivity index (χ0n) is 7.20. The average molecular weight is 136 g/mol. The van der Waals surface area contributed by atoms with Gasteiger partial charge in [-0.2, -0.15) is 0 Å². The molecule has 0 nitrogen and oxygen atoms in total. The zero-order valence-corrected chi connectivity index (χ0v) is 7.20. The first kappa shape index (κ1) is 7.59. The second-order valence-electron chi connectivity index (χ2n) is 3.82. The molecule has 1 aliphatic rings. The molecule has 0 bridgehead atoms. The predicted molar refractivity (Wildman–Crippen MR) is 45.9 cm³/mol. The second kappa shape index (κ2) is 2.26. The summed E-state index contributed by atoms with van der Waals surface area (Å²) in [4.78, 5) is 0. The quantitative estimate of drug-likeness (QED) is 0.518. The van der Waals surface area contributed by atoms with Crippen molar-refractivity contribution in [2.24, 2.45) is 5.41 Å². The fourth-order valence-electron chi connectivity index (χ4n) is 1.74. The first-order chi connectivity index (χ1) is 4.54. The SMILES string of the molecule is C=C(C)C1=CCCC1(C)C. The largest absolute Gasteiger partial charge is 0.0958 e. The van der Waals surface area contributed by atoms with Crippen LogP contribution in [0.2, 0.25) is 0 Å². The molecule has 0 unspecified atom stereocenters. The lowest BCUT2D eigenvalue weighted by Crippen LogP contribution is -2.09. The fraction of sp³-hybridized carbons (Fsp3) is 0.600. The van der Waals surface area contributed by atoms with Crippen molar-refractivity contribution in [3.63, 3.8) is 0 Å². The predicted octanol–water partition coefficient (Wildman–Crippen LogP) is 3.31. The molecule has 0 N–H and O–H groups in total. The van der Waals surface area contributed by atoms with E-state index in [9.17, 15) is 0 Å². The third-order valence-corrected chi connectivity index (χ3v) is 2.31. The highest BCUT2D eigenvalue weighted by Crippen LogP contribution is 2.40. The van der Waals surface area contributed by atoms with Gasteiger partial charge in [0.05, 0.1) is 0 Å². The van der Waals surface area contributed by atoms with E-state index in [2.05, 4.69) is 33.4 Å². The first-order valence-corrected chi connectivity index (χ1v) is 3.90. The van der Waals surface area contributed by atoms with E-state index in [1.807, 2.05) is 0 Å². The summed E-state index contributed by atoms with van der Waals surface area (Å²) < 4.78 is 0. The Morgan fingerprint density at radius 1 is 1.60 bits per heavy atom. The molecule has 0 saturated heterocycles. The summed E-state index contributed by atoms with van der Waals surface area (Å²) in [5.41, 5.74) is 3.10. The second-order valence-corrected chi connectivity index (χ2v) is 3.82. The smallest absolute Gasteiger partial charge is 0.0101 e. The van der Waals surface area contributed by atoms with Crippen LogP contribution in [0.1, 0.15) is 33.6 Å². The Bertz CT molecular complexity index is 182. The van der Waals surface area contributed by atoms with Crippen LogP contribution in [0, 0.1) is 5.41 Å². The van der Waals surface area contributed by atoms with Crippen molar-refractivity contribution in [1.82, 2.24) is 0 Å². The average Bonchev–Trinajstić information content (AvgIpc) is 2.08. The lowest BCUT2D eigenvalue weighted by Gasteiger charge is -2.22. The summed E-state index contributed by atoms with van der Waals surface area (Å²) in [5.74, 6) is 0. The third kappa shape index (κ3) is 1.16. The molecule has 0 saturated carbocycles. The van der Waals surface area contributed by atoms with Crippen LogP contribution in [0.4, 0.5) is 0 Å². The van der Waals surface area contributed by atoms with Gasteiger partial charge in [0.1, 0.15) is 0 Å². The van der Waals surface area contributed by atoms with Crippen LogP contribution < -0.4 is 0 Å². The number of hydrogen-bond acceptors (Lipinski definition) is 0. The van der Waals surface area contributed by atoms with Crippen LogP contribution in [0.15, 0.2) is 23.8 Å². The van der Waals surface area contributed by atoms with Crippen molar-refractivity contribution >= 4 is 0 Å². The van der Waals surface area contributed by atoms with Crippen molar-refractivity contribution in [3.8, 4) is 0 Å². The summed E-state index contributed by atoms with van der Waals surface area (Å²) in [7, 11) is 0. The molecule has 0 heterocycles. The Morgan fingerprint density at radius 3 is 2.40 bits per heavy atom. The highest BCUT2D eigenvalue weighted by atomic mass is 14.3. The molecule has 0 atom stereocenters. The summed E-state index contributed by atoms with van der Waals surface area (Å²) >= 11 is 0. The van der Waals surface area contributed by atoms with Gasteiger partial charge in [-0.25, -0.2) is 0 Å². The van der Waals surface area contributed by atoms with Gasteiger partial charge in [0.25, 0.3) is 0 Å². The zero-order chi connectivity index (χ0) is 7.78. The molecule has 1 aliphatic carbocycles. The highest BCUT2D eigenvalue weighted by molar-refractivity contribution is 5.34. The fourth-order valence-corrected chi connectivity index (χ4v) is 1.74. The van der Waals surface area contributed by atoms with Gasteiger partial charge in [-0.3, -0.25) is 0 Å². The number of hydrogen-bond donors (Lipinski definition) is 0. The van der Waals surface area contributed by atoms with Gasteiger partial charge in [0, 0.05) is 0 Å². The summed E-state index contributed by atoms with van der Waals surface area (Å²) in [5, 5.41) is 0. The molecule has 1 rings (SSSR count). The Labute approximate surface area is 63.6 Å². The lowest BCUT2D eigenvalue weighted by atomic mass is 9.83. The van der Waals surface area contributed by atoms with E-state index in [4.69, 9.17) is 0 Å². The van der Waals surface area contributed by atoms with Crippen molar-refractivity contribution in [2.75, 3.05) is 0 Å². The van der Waals surface area contributed by atoms with E-state index in [0.717, 1.165) is 0 Å². The monoisotopic (exact) mass is 136 g/mol. The molecule has 0 amide bonds. The van der Waals surface area contributed by atoms with E-state index in [-0.39, 0.29) is 0 Å².